The van der Waals surface area contributed by atoms with Gasteiger partial charge in [0.2, 0.25) is 0 Å². The summed E-state index contributed by atoms with van der Waals surface area (Å²) in [4.78, 5) is 26.7. The minimum atomic E-state index is -0.507. The lowest BCUT2D eigenvalue weighted by molar-refractivity contribution is -0.384. The van der Waals surface area contributed by atoms with Crippen LogP contribution in [-0.4, -0.2) is 51.2 Å². The van der Waals surface area contributed by atoms with Crippen LogP contribution >= 0.6 is 11.8 Å². The van der Waals surface area contributed by atoms with Crippen LogP contribution in [0.1, 0.15) is 17.4 Å². The number of H-pyrrole nitrogens is 1. The van der Waals surface area contributed by atoms with E-state index in [9.17, 15) is 14.9 Å². The zero-order chi connectivity index (χ0) is 13.1. The number of nitro groups is 1. The number of aromatic nitrogens is 1. The molecule has 1 aliphatic rings. The topological polar surface area (TPSA) is 79.2 Å². The molecule has 0 saturated carbocycles. The Hall–Kier alpha value is -1.34. The smallest absolute Gasteiger partial charge is 0.287 e. The van der Waals surface area contributed by atoms with Crippen molar-refractivity contribution in [1.82, 2.24) is 9.88 Å². The summed E-state index contributed by atoms with van der Waals surface area (Å²) < 4.78 is 0. The SMILES string of the molecule is CC1CN(CC(=O)c2cc([N+](=O)[O-])c[nH]2)CCS1. The minimum Gasteiger partial charge on any atom is -0.353 e. The third kappa shape index (κ3) is 3.11. The number of nitrogens with one attached hydrogen (secondary N) is 1. The molecular formula is C11H15N3O3S. The number of hydrogen-bond donors (Lipinski definition) is 1. The number of ketones is 1. The highest BCUT2D eigenvalue weighted by Gasteiger charge is 2.21. The van der Waals surface area contributed by atoms with E-state index in [-0.39, 0.29) is 11.5 Å². The molecule has 1 aromatic rings. The van der Waals surface area contributed by atoms with Crippen LogP contribution in [0.2, 0.25) is 0 Å². The van der Waals surface area contributed by atoms with Gasteiger partial charge in [0.25, 0.3) is 5.69 Å². The maximum atomic E-state index is 12.0. The second kappa shape index (κ2) is 5.53. The van der Waals surface area contributed by atoms with Crippen molar-refractivity contribution < 1.29 is 9.72 Å². The molecular weight excluding hydrogens is 254 g/mol. The van der Waals surface area contributed by atoms with Crippen molar-refractivity contribution in [3.63, 3.8) is 0 Å². The Bertz CT molecular complexity index is 460. The number of aromatic amines is 1. The van der Waals surface area contributed by atoms with Crippen LogP contribution in [0, 0.1) is 10.1 Å². The van der Waals surface area contributed by atoms with Crippen molar-refractivity contribution in [2.75, 3.05) is 25.4 Å². The Morgan fingerprint density at radius 1 is 1.72 bits per heavy atom. The number of thioether (sulfide) groups is 1. The number of hydrogen-bond acceptors (Lipinski definition) is 5. The molecule has 1 N–H and O–H groups in total. The zero-order valence-electron chi connectivity index (χ0n) is 10.1. The molecule has 1 unspecified atom stereocenters. The molecule has 0 aromatic carbocycles. The van der Waals surface area contributed by atoms with Crippen molar-refractivity contribution in [3.8, 4) is 0 Å². The molecule has 0 radical (unpaired) electrons. The van der Waals surface area contributed by atoms with E-state index in [1.54, 1.807) is 0 Å². The summed E-state index contributed by atoms with van der Waals surface area (Å²) in [5.41, 5.74) is 0.244. The minimum absolute atomic E-state index is 0.0686. The molecule has 0 aliphatic carbocycles. The summed E-state index contributed by atoms with van der Waals surface area (Å²) in [6.45, 7) is 4.24. The lowest BCUT2D eigenvalue weighted by Gasteiger charge is -2.29. The van der Waals surface area contributed by atoms with E-state index >= 15 is 0 Å². The highest BCUT2D eigenvalue weighted by molar-refractivity contribution is 7.99. The molecule has 7 heteroatoms. The van der Waals surface area contributed by atoms with Crippen molar-refractivity contribution >= 4 is 23.2 Å². The summed E-state index contributed by atoms with van der Waals surface area (Å²) >= 11 is 1.90. The van der Waals surface area contributed by atoms with Crippen molar-refractivity contribution in [3.05, 3.63) is 28.1 Å². The van der Waals surface area contributed by atoms with Crippen molar-refractivity contribution in [2.24, 2.45) is 0 Å². The van der Waals surface area contributed by atoms with Gasteiger partial charge in [-0.3, -0.25) is 19.8 Å². The van der Waals surface area contributed by atoms with Crippen molar-refractivity contribution in [1.29, 1.82) is 0 Å². The van der Waals surface area contributed by atoms with E-state index in [2.05, 4.69) is 16.8 Å². The predicted octanol–water partition coefficient (Wildman–Crippen LogP) is 1.54. The quantitative estimate of drug-likeness (QED) is 0.509. The maximum Gasteiger partial charge on any atom is 0.287 e. The Morgan fingerprint density at radius 2 is 2.50 bits per heavy atom. The van der Waals surface area contributed by atoms with Gasteiger partial charge >= 0.3 is 0 Å². The monoisotopic (exact) mass is 269 g/mol. The standard InChI is InChI=1S/C11H15N3O3S/c1-8-6-13(2-3-18-8)7-11(15)10-4-9(5-12-10)14(16)17/h4-5,8,12H,2-3,6-7H2,1H3. The molecule has 1 saturated heterocycles. The van der Waals surface area contributed by atoms with Crippen LogP contribution in [0.15, 0.2) is 12.3 Å². The summed E-state index contributed by atoms with van der Waals surface area (Å²) in [5.74, 6) is 0.932. The Labute approximate surface area is 109 Å². The molecule has 2 rings (SSSR count). The van der Waals surface area contributed by atoms with Crippen LogP contribution in [0.25, 0.3) is 0 Å². The number of carbonyl (C=O) groups is 1. The van der Waals surface area contributed by atoms with Gasteiger partial charge in [-0.05, 0) is 0 Å². The van der Waals surface area contributed by atoms with Crippen LogP contribution < -0.4 is 0 Å². The fraction of sp³-hybridized carbons (Fsp3) is 0.545. The number of Topliss-reactive ketones (excluding diaryl/α,β-unsaturated/α-hetero) is 1. The van der Waals surface area contributed by atoms with Crippen LogP contribution in [-0.2, 0) is 0 Å². The number of carbonyl (C=O) groups excluding carboxylic acids is 1. The second-order valence-electron chi connectivity index (χ2n) is 4.37. The van der Waals surface area contributed by atoms with E-state index in [1.165, 1.54) is 12.3 Å². The molecule has 0 amide bonds. The highest BCUT2D eigenvalue weighted by Crippen LogP contribution is 2.18. The molecule has 1 aromatic heterocycles. The third-order valence-electron chi connectivity index (χ3n) is 2.87. The van der Waals surface area contributed by atoms with Gasteiger partial charge in [-0.2, -0.15) is 11.8 Å². The molecule has 6 nitrogen and oxygen atoms in total. The van der Waals surface area contributed by atoms with E-state index in [0.29, 0.717) is 17.5 Å². The lowest BCUT2D eigenvalue weighted by Crippen LogP contribution is -2.39. The van der Waals surface area contributed by atoms with Crippen LogP contribution in [0.4, 0.5) is 5.69 Å². The average molecular weight is 269 g/mol. The van der Waals surface area contributed by atoms with Gasteiger partial charge in [-0.25, -0.2) is 0 Å². The Balaban J connectivity index is 1.96. The first-order valence-electron chi connectivity index (χ1n) is 5.76. The first-order chi connectivity index (χ1) is 8.56. The zero-order valence-corrected chi connectivity index (χ0v) is 10.9. The molecule has 98 valence electrons. The van der Waals surface area contributed by atoms with Gasteiger partial charge in [0.1, 0.15) is 0 Å². The largest absolute Gasteiger partial charge is 0.353 e. The summed E-state index contributed by atoms with van der Waals surface area (Å²) in [7, 11) is 0. The normalized spacial score (nSPS) is 20.8. The number of nitrogens with zero attached hydrogens (tertiary/aromatic N) is 2. The van der Waals surface area contributed by atoms with E-state index in [1.807, 2.05) is 11.8 Å². The predicted molar refractivity (Wildman–Crippen MR) is 70.1 cm³/mol. The lowest BCUT2D eigenvalue weighted by atomic mass is 10.2. The molecule has 2 heterocycles. The van der Waals surface area contributed by atoms with Crippen LogP contribution in [0.3, 0.4) is 0 Å². The molecule has 1 atom stereocenters. The fourth-order valence-electron chi connectivity index (χ4n) is 1.97. The van der Waals surface area contributed by atoms with Gasteiger partial charge in [0, 0.05) is 30.2 Å². The molecule has 0 spiro atoms. The molecule has 18 heavy (non-hydrogen) atoms. The highest BCUT2D eigenvalue weighted by atomic mass is 32.2. The molecule has 0 bridgehead atoms. The summed E-state index contributed by atoms with van der Waals surface area (Å²) in [5, 5.41) is 11.1. The molecule has 1 aliphatic heterocycles. The average Bonchev–Trinajstić information content (AvgIpc) is 2.78. The first kappa shape index (κ1) is 13.1. The Kier molecular flexibility index (Phi) is 4.03. The second-order valence-corrected chi connectivity index (χ2v) is 5.91. The van der Waals surface area contributed by atoms with E-state index in [0.717, 1.165) is 18.8 Å². The van der Waals surface area contributed by atoms with Gasteiger partial charge in [0.15, 0.2) is 5.78 Å². The summed E-state index contributed by atoms with van der Waals surface area (Å²) in [6.07, 6.45) is 1.25. The number of rotatable bonds is 4. The first-order valence-corrected chi connectivity index (χ1v) is 6.81. The maximum absolute atomic E-state index is 12.0. The Morgan fingerprint density at radius 3 is 3.11 bits per heavy atom. The summed E-state index contributed by atoms with van der Waals surface area (Å²) in [6, 6.07) is 1.30. The fourth-order valence-corrected chi connectivity index (χ4v) is 3.05. The van der Waals surface area contributed by atoms with Crippen molar-refractivity contribution in [2.45, 2.75) is 12.2 Å². The van der Waals surface area contributed by atoms with Gasteiger partial charge in [-0.1, -0.05) is 6.92 Å². The van der Waals surface area contributed by atoms with Gasteiger partial charge in [-0.15, -0.1) is 0 Å². The van der Waals surface area contributed by atoms with E-state index < -0.39 is 4.92 Å². The molecule has 1 fully saturated rings. The van der Waals surface area contributed by atoms with Gasteiger partial charge < -0.3 is 4.98 Å². The van der Waals surface area contributed by atoms with Crippen LogP contribution in [0.5, 0.6) is 0 Å². The third-order valence-corrected chi connectivity index (χ3v) is 4.01. The van der Waals surface area contributed by atoms with E-state index in [4.69, 9.17) is 0 Å². The van der Waals surface area contributed by atoms with Gasteiger partial charge in [0.05, 0.1) is 23.4 Å².